The van der Waals surface area contributed by atoms with E-state index in [4.69, 9.17) is 10.7 Å². The van der Waals surface area contributed by atoms with E-state index in [1.54, 1.807) is 4.57 Å². The molecule has 0 aliphatic heterocycles. The fourth-order valence-corrected chi connectivity index (χ4v) is 5.52. The van der Waals surface area contributed by atoms with Gasteiger partial charge in [-0.2, -0.15) is 0 Å². The summed E-state index contributed by atoms with van der Waals surface area (Å²) >= 11 is 2.63. The summed E-state index contributed by atoms with van der Waals surface area (Å²) in [7, 11) is 0. The van der Waals surface area contributed by atoms with E-state index in [9.17, 15) is 14.4 Å². The molecule has 3 rings (SSSR count). The molecule has 0 fully saturated rings. The molecule has 1 unspecified atom stereocenters. The fraction of sp³-hybridized carbons (Fsp3) is 0.364. The van der Waals surface area contributed by atoms with Crippen molar-refractivity contribution >= 4 is 45.3 Å². The van der Waals surface area contributed by atoms with Crippen LogP contribution in [0, 0.1) is 33.6 Å². The van der Waals surface area contributed by atoms with Crippen molar-refractivity contribution in [2.75, 3.05) is 0 Å². The van der Waals surface area contributed by atoms with Crippen molar-refractivity contribution in [3.63, 3.8) is 0 Å². The minimum atomic E-state index is -0.906. The Hall–Kier alpha value is -2.65. The highest BCUT2D eigenvalue weighted by molar-refractivity contribution is 8.00. The number of hydrogen-bond acceptors (Lipinski definition) is 6. The summed E-state index contributed by atoms with van der Waals surface area (Å²) in [4.78, 5) is 44.0. The highest BCUT2D eigenvalue weighted by Gasteiger charge is 2.28. The number of nitrogens with zero attached hydrogens (tertiary/aromatic N) is 2. The first kappa shape index (κ1) is 23.0. The lowest BCUT2D eigenvalue weighted by Gasteiger charge is -2.21. The standard InChI is InChI=1S/C22H26N4O3S2/c1-10(2)17(18(27)24-21(23)29)31-22-25-19-16(13(5)14(6)30-19)20(28)26(22)15-9-7-8-11(3)12(15)4/h7-10,17H,1-6H3,(H3,23,24,27,29). The Morgan fingerprint density at radius 2 is 1.84 bits per heavy atom. The molecule has 2 heterocycles. The summed E-state index contributed by atoms with van der Waals surface area (Å²) in [5, 5.41) is 2.50. The number of carbonyl (C=O) groups is 2. The SMILES string of the molecule is Cc1cccc(-n2c(SC(C(=O)NC(N)=O)C(C)C)nc3sc(C)c(C)c3c2=O)c1C. The summed E-state index contributed by atoms with van der Waals surface area (Å²) in [5.41, 5.74) is 8.63. The third-order valence-electron chi connectivity index (χ3n) is 5.33. The van der Waals surface area contributed by atoms with E-state index in [-0.39, 0.29) is 11.5 Å². The molecule has 0 bridgehead atoms. The van der Waals surface area contributed by atoms with Crippen LogP contribution in [0.1, 0.15) is 35.4 Å². The summed E-state index contributed by atoms with van der Waals surface area (Å²) < 4.78 is 1.58. The Morgan fingerprint density at radius 3 is 2.45 bits per heavy atom. The number of aromatic nitrogens is 2. The van der Waals surface area contributed by atoms with Crippen molar-refractivity contribution in [2.24, 2.45) is 11.7 Å². The number of aryl methyl sites for hydroxylation is 3. The first-order valence-corrected chi connectivity index (χ1v) is 11.6. The lowest BCUT2D eigenvalue weighted by atomic mass is 10.1. The lowest BCUT2D eigenvalue weighted by Crippen LogP contribution is -2.42. The second kappa shape index (κ2) is 8.84. The molecule has 31 heavy (non-hydrogen) atoms. The monoisotopic (exact) mass is 458 g/mol. The predicted molar refractivity (Wildman–Crippen MR) is 126 cm³/mol. The van der Waals surface area contributed by atoms with Crippen LogP contribution in [-0.4, -0.2) is 26.7 Å². The van der Waals surface area contributed by atoms with Crippen LogP contribution >= 0.6 is 23.1 Å². The summed E-state index contributed by atoms with van der Waals surface area (Å²) in [6.07, 6.45) is 0. The Bertz CT molecular complexity index is 1240. The van der Waals surface area contributed by atoms with E-state index in [1.807, 2.05) is 59.7 Å². The molecule has 0 saturated heterocycles. The van der Waals surface area contributed by atoms with Gasteiger partial charge in [-0.1, -0.05) is 37.7 Å². The molecule has 164 valence electrons. The van der Waals surface area contributed by atoms with Crippen molar-refractivity contribution in [3.8, 4) is 5.69 Å². The van der Waals surface area contributed by atoms with Crippen LogP contribution in [0.25, 0.3) is 15.9 Å². The zero-order valence-corrected chi connectivity index (χ0v) is 20.0. The molecule has 2 aromatic heterocycles. The molecular formula is C22H26N4O3S2. The van der Waals surface area contributed by atoms with Crippen LogP contribution < -0.4 is 16.6 Å². The number of benzene rings is 1. The van der Waals surface area contributed by atoms with Gasteiger partial charge in [0.2, 0.25) is 5.91 Å². The first-order valence-electron chi connectivity index (χ1n) is 9.89. The topological polar surface area (TPSA) is 107 Å². The largest absolute Gasteiger partial charge is 0.351 e. The fourth-order valence-electron chi connectivity index (χ4n) is 3.34. The molecule has 3 amide bonds. The number of carbonyl (C=O) groups excluding carboxylic acids is 2. The van der Waals surface area contributed by atoms with Gasteiger partial charge in [0.25, 0.3) is 5.56 Å². The third-order valence-corrected chi connectivity index (χ3v) is 7.93. The van der Waals surface area contributed by atoms with Crippen molar-refractivity contribution in [1.82, 2.24) is 14.9 Å². The second-order valence-electron chi connectivity index (χ2n) is 7.85. The minimum Gasteiger partial charge on any atom is -0.351 e. The molecule has 0 radical (unpaired) electrons. The number of imide groups is 1. The quantitative estimate of drug-likeness (QED) is 0.444. The van der Waals surface area contributed by atoms with E-state index < -0.39 is 17.2 Å². The Labute approximate surface area is 189 Å². The molecule has 1 aromatic carbocycles. The Morgan fingerprint density at radius 1 is 1.16 bits per heavy atom. The van der Waals surface area contributed by atoms with Crippen LogP contribution in [0.2, 0.25) is 0 Å². The van der Waals surface area contributed by atoms with Gasteiger partial charge in [-0.25, -0.2) is 9.78 Å². The number of thiophene rings is 1. The number of fused-ring (bicyclic) bond motifs is 1. The van der Waals surface area contributed by atoms with E-state index in [1.165, 1.54) is 23.1 Å². The van der Waals surface area contributed by atoms with Crippen molar-refractivity contribution in [1.29, 1.82) is 0 Å². The van der Waals surface area contributed by atoms with Gasteiger partial charge in [0.05, 0.1) is 16.3 Å². The average molecular weight is 459 g/mol. The number of primary amides is 1. The van der Waals surface area contributed by atoms with Crippen molar-refractivity contribution < 1.29 is 9.59 Å². The van der Waals surface area contributed by atoms with Crippen LogP contribution in [0.5, 0.6) is 0 Å². The number of nitrogens with two attached hydrogens (primary N) is 1. The van der Waals surface area contributed by atoms with Gasteiger partial charge in [0.1, 0.15) is 4.83 Å². The first-order chi connectivity index (χ1) is 14.5. The summed E-state index contributed by atoms with van der Waals surface area (Å²) in [6, 6.07) is 4.86. The highest BCUT2D eigenvalue weighted by atomic mass is 32.2. The molecule has 0 aliphatic carbocycles. The highest BCUT2D eigenvalue weighted by Crippen LogP contribution is 2.33. The van der Waals surface area contributed by atoms with E-state index in [0.29, 0.717) is 15.4 Å². The van der Waals surface area contributed by atoms with Gasteiger partial charge >= 0.3 is 6.03 Å². The maximum Gasteiger partial charge on any atom is 0.318 e. The minimum absolute atomic E-state index is 0.129. The van der Waals surface area contributed by atoms with E-state index in [2.05, 4.69) is 5.32 Å². The molecule has 9 heteroatoms. The van der Waals surface area contributed by atoms with Crippen LogP contribution in [0.15, 0.2) is 28.2 Å². The van der Waals surface area contributed by atoms with Gasteiger partial charge in [0.15, 0.2) is 5.16 Å². The maximum absolute atomic E-state index is 13.7. The summed E-state index contributed by atoms with van der Waals surface area (Å²) in [6.45, 7) is 11.6. The molecule has 3 aromatic rings. The smallest absolute Gasteiger partial charge is 0.318 e. The zero-order chi connectivity index (χ0) is 23.0. The number of hydrogen-bond donors (Lipinski definition) is 2. The molecule has 0 spiro atoms. The third kappa shape index (κ3) is 4.38. The number of rotatable bonds is 5. The molecule has 0 saturated carbocycles. The number of urea groups is 1. The van der Waals surface area contributed by atoms with Gasteiger partial charge in [-0.05, 0) is 56.4 Å². The lowest BCUT2D eigenvalue weighted by molar-refractivity contribution is -0.120. The van der Waals surface area contributed by atoms with Gasteiger partial charge < -0.3 is 5.73 Å². The molecule has 7 nitrogen and oxygen atoms in total. The van der Waals surface area contributed by atoms with Crippen LogP contribution in [-0.2, 0) is 4.79 Å². The molecule has 1 atom stereocenters. The maximum atomic E-state index is 13.7. The molecule has 0 aliphatic rings. The molecule has 3 N–H and O–H groups in total. The van der Waals surface area contributed by atoms with E-state index >= 15 is 0 Å². The second-order valence-corrected chi connectivity index (χ2v) is 10.2. The number of amides is 3. The Kier molecular flexibility index (Phi) is 6.56. The summed E-state index contributed by atoms with van der Waals surface area (Å²) in [5.74, 6) is -0.635. The zero-order valence-electron chi connectivity index (χ0n) is 18.4. The van der Waals surface area contributed by atoms with Gasteiger partial charge in [0, 0.05) is 4.88 Å². The average Bonchev–Trinajstić information content (AvgIpc) is 2.95. The van der Waals surface area contributed by atoms with Crippen molar-refractivity contribution in [3.05, 3.63) is 50.1 Å². The number of thioether (sulfide) groups is 1. The Balaban J connectivity index is 2.29. The van der Waals surface area contributed by atoms with Crippen molar-refractivity contribution in [2.45, 2.75) is 51.9 Å². The van der Waals surface area contributed by atoms with Crippen LogP contribution in [0.3, 0.4) is 0 Å². The molecular weight excluding hydrogens is 432 g/mol. The normalized spacial score (nSPS) is 12.4. The number of nitrogens with one attached hydrogen (secondary N) is 1. The van der Waals surface area contributed by atoms with E-state index in [0.717, 1.165) is 27.3 Å². The predicted octanol–water partition coefficient (Wildman–Crippen LogP) is 3.99. The van der Waals surface area contributed by atoms with Crippen LogP contribution in [0.4, 0.5) is 4.79 Å². The van der Waals surface area contributed by atoms with Gasteiger partial charge in [-0.3, -0.25) is 19.5 Å². The van der Waals surface area contributed by atoms with Gasteiger partial charge in [-0.15, -0.1) is 11.3 Å².